The van der Waals surface area contributed by atoms with E-state index < -0.39 is 11.4 Å². The highest BCUT2D eigenvalue weighted by Crippen LogP contribution is 2.28. The molecule has 0 N–H and O–H groups in total. The number of ether oxygens (including phenoxy) is 1. The molecule has 0 saturated carbocycles. The van der Waals surface area contributed by atoms with Crippen molar-refractivity contribution in [2.75, 3.05) is 13.7 Å². The highest BCUT2D eigenvalue weighted by Gasteiger charge is 2.26. The SMILES string of the molecule is COCC(C)(N=C=S)c1ccc(F)c(Cl)c1. The third-order valence-corrected chi connectivity index (χ3v) is 2.64. The van der Waals surface area contributed by atoms with Gasteiger partial charge in [0.05, 0.1) is 16.8 Å². The highest BCUT2D eigenvalue weighted by molar-refractivity contribution is 7.78. The third-order valence-electron chi connectivity index (χ3n) is 2.26. The van der Waals surface area contributed by atoms with Crippen molar-refractivity contribution in [3.05, 3.63) is 34.6 Å². The smallest absolute Gasteiger partial charge is 0.141 e. The van der Waals surface area contributed by atoms with Crippen LogP contribution in [0.5, 0.6) is 0 Å². The molecule has 0 heterocycles. The average Bonchev–Trinajstić information content (AvgIpc) is 2.22. The zero-order valence-electron chi connectivity index (χ0n) is 8.96. The van der Waals surface area contributed by atoms with Gasteiger partial charge < -0.3 is 4.74 Å². The van der Waals surface area contributed by atoms with Gasteiger partial charge in [0.15, 0.2) is 0 Å². The average molecular weight is 260 g/mol. The molecule has 0 saturated heterocycles. The summed E-state index contributed by atoms with van der Waals surface area (Å²) in [6.07, 6.45) is 0. The lowest BCUT2D eigenvalue weighted by Gasteiger charge is -2.23. The summed E-state index contributed by atoms with van der Waals surface area (Å²) in [7, 11) is 1.56. The fourth-order valence-corrected chi connectivity index (χ4v) is 1.78. The Labute approximate surface area is 104 Å². The lowest BCUT2D eigenvalue weighted by atomic mass is 9.94. The Hall–Kier alpha value is -0.800. The van der Waals surface area contributed by atoms with Crippen molar-refractivity contribution in [2.45, 2.75) is 12.5 Å². The molecule has 16 heavy (non-hydrogen) atoms. The molecule has 1 aromatic carbocycles. The lowest BCUT2D eigenvalue weighted by molar-refractivity contribution is 0.142. The standard InChI is InChI=1S/C11H11ClFNOS/c1-11(6-15-2,14-7-16)8-3-4-10(13)9(12)5-8/h3-5H,6H2,1-2H3. The molecule has 1 unspecified atom stereocenters. The molecule has 0 fully saturated rings. The predicted molar refractivity (Wildman–Crippen MR) is 65.7 cm³/mol. The molecular formula is C11H11ClFNOS. The van der Waals surface area contributed by atoms with E-state index in [0.29, 0.717) is 6.61 Å². The van der Waals surface area contributed by atoms with Crippen LogP contribution in [0.2, 0.25) is 5.02 Å². The molecule has 0 spiro atoms. The fourth-order valence-electron chi connectivity index (χ4n) is 1.39. The Morgan fingerprint density at radius 1 is 1.62 bits per heavy atom. The number of hydrogen-bond acceptors (Lipinski definition) is 3. The highest BCUT2D eigenvalue weighted by atomic mass is 35.5. The minimum Gasteiger partial charge on any atom is -0.382 e. The van der Waals surface area contributed by atoms with Gasteiger partial charge in [-0.15, -0.1) is 0 Å². The van der Waals surface area contributed by atoms with Crippen LogP contribution in [-0.4, -0.2) is 18.9 Å². The minimum absolute atomic E-state index is 0.0550. The van der Waals surface area contributed by atoms with Crippen LogP contribution >= 0.6 is 23.8 Å². The van der Waals surface area contributed by atoms with Gasteiger partial charge in [-0.05, 0) is 36.8 Å². The fraction of sp³-hybridized carbons (Fsp3) is 0.364. The van der Waals surface area contributed by atoms with Crippen molar-refractivity contribution in [3.63, 3.8) is 0 Å². The summed E-state index contributed by atoms with van der Waals surface area (Å²) in [6, 6.07) is 4.42. The number of aliphatic imine (C=N–C) groups is 1. The van der Waals surface area contributed by atoms with Gasteiger partial charge in [-0.1, -0.05) is 17.7 Å². The minimum atomic E-state index is -0.687. The Kier molecular flexibility index (Phi) is 4.56. The van der Waals surface area contributed by atoms with Crippen LogP contribution in [-0.2, 0) is 10.3 Å². The molecule has 0 radical (unpaired) electrons. The van der Waals surface area contributed by atoms with Crippen LogP contribution in [0.3, 0.4) is 0 Å². The quantitative estimate of drug-likeness (QED) is 0.610. The number of thiocarbonyl (C=S) groups is 1. The van der Waals surface area contributed by atoms with Crippen LogP contribution in [0.15, 0.2) is 23.2 Å². The number of isothiocyanates is 1. The van der Waals surface area contributed by atoms with Crippen molar-refractivity contribution in [3.8, 4) is 0 Å². The van der Waals surface area contributed by atoms with Crippen molar-refractivity contribution in [2.24, 2.45) is 4.99 Å². The van der Waals surface area contributed by atoms with Crippen LogP contribution in [0, 0.1) is 5.82 Å². The number of rotatable bonds is 4. The zero-order valence-corrected chi connectivity index (χ0v) is 10.5. The second-order valence-corrected chi connectivity index (χ2v) is 4.13. The van der Waals surface area contributed by atoms with Gasteiger partial charge in [0.25, 0.3) is 0 Å². The van der Waals surface area contributed by atoms with Gasteiger partial charge >= 0.3 is 0 Å². The molecule has 0 amide bonds. The van der Waals surface area contributed by atoms with Crippen molar-refractivity contribution in [1.82, 2.24) is 0 Å². The van der Waals surface area contributed by atoms with Crippen molar-refractivity contribution < 1.29 is 9.13 Å². The maximum absolute atomic E-state index is 13.0. The Morgan fingerprint density at radius 3 is 2.81 bits per heavy atom. The van der Waals surface area contributed by atoms with E-state index in [9.17, 15) is 4.39 Å². The molecule has 1 atom stereocenters. The lowest BCUT2D eigenvalue weighted by Crippen LogP contribution is -2.25. The van der Waals surface area contributed by atoms with E-state index in [4.69, 9.17) is 16.3 Å². The van der Waals surface area contributed by atoms with Crippen LogP contribution in [0.1, 0.15) is 12.5 Å². The maximum atomic E-state index is 13.0. The molecule has 5 heteroatoms. The van der Waals surface area contributed by atoms with E-state index in [1.165, 1.54) is 12.1 Å². The zero-order chi connectivity index (χ0) is 12.2. The number of hydrogen-bond donors (Lipinski definition) is 0. The largest absolute Gasteiger partial charge is 0.382 e. The van der Waals surface area contributed by atoms with E-state index in [0.717, 1.165) is 5.56 Å². The molecule has 0 aliphatic carbocycles. The molecule has 1 aromatic rings. The van der Waals surface area contributed by atoms with Crippen LogP contribution in [0.4, 0.5) is 4.39 Å². The summed E-state index contributed by atoms with van der Waals surface area (Å²) in [5, 5.41) is 2.37. The first-order valence-electron chi connectivity index (χ1n) is 4.57. The van der Waals surface area contributed by atoms with Gasteiger partial charge in [0.2, 0.25) is 0 Å². The van der Waals surface area contributed by atoms with Gasteiger partial charge in [-0.3, -0.25) is 0 Å². The Balaban J connectivity index is 3.20. The van der Waals surface area contributed by atoms with Gasteiger partial charge in [0, 0.05) is 7.11 Å². The first-order chi connectivity index (χ1) is 7.53. The van der Waals surface area contributed by atoms with E-state index in [2.05, 4.69) is 22.4 Å². The number of halogens is 2. The van der Waals surface area contributed by atoms with Crippen molar-refractivity contribution >= 4 is 29.0 Å². The van der Waals surface area contributed by atoms with Gasteiger partial charge in [0.1, 0.15) is 11.4 Å². The Morgan fingerprint density at radius 2 is 2.31 bits per heavy atom. The summed E-state index contributed by atoms with van der Waals surface area (Å²) in [5.41, 5.74) is 0.0477. The molecule has 0 aromatic heterocycles. The van der Waals surface area contributed by atoms with E-state index in [1.54, 1.807) is 13.2 Å². The normalized spacial score (nSPS) is 14.0. The monoisotopic (exact) mass is 259 g/mol. The van der Waals surface area contributed by atoms with Crippen LogP contribution < -0.4 is 0 Å². The topological polar surface area (TPSA) is 21.6 Å². The molecule has 86 valence electrons. The summed E-state index contributed by atoms with van der Waals surface area (Å²) >= 11 is 10.3. The van der Waals surface area contributed by atoms with Crippen molar-refractivity contribution in [1.29, 1.82) is 0 Å². The number of benzene rings is 1. The summed E-state index contributed by atoms with van der Waals surface area (Å²) in [6.45, 7) is 2.14. The summed E-state index contributed by atoms with van der Waals surface area (Å²) in [5.74, 6) is -0.462. The molecule has 1 rings (SSSR count). The summed E-state index contributed by atoms with van der Waals surface area (Å²) < 4.78 is 18.1. The maximum Gasteiger partial charge on any atom is 0.141 e. The molecule has 0 aliphatic rings. The summed E-state index contributed by atoms with van der Waals surface area (Å²) in [4.78, 5) is 4.05. The first kappa shape index (κ1) is 13.3. The third kappa shape index (κ3) is 2.86. The predicted octanol–water partition coefficient (Wildman–Crippen LogP) is 3.44. The Bertz CT molecular complexity index is 434. The van der Waals surface area contributed by atoms with Crippen LogP contribution in [0.25, 0.3) is 0 Å². The molecule has 0 aliphatic heterocycles. The van der Waals surface area contributed by atoms with E-state index in [1.807, 2.05) is 6.92 Å². The van der Waals surface area contributed by atoms with E-state index in [-0.39, 0.29) is 5.02 Å². The van der Waals surface area contributed by atoms with Gasteiger partial charge in [-0.2, -0.15) is 0 Å². The molecular weight excluding hydrogens is 249 g/mol. The second kappa shape index (κ2) is 5.51. The number of methoxy groups -OCH3 is 1. The molecule has 0 bridgehead atoms. The van der Waals surface area contributed by atoms with Gasteiger partial charge in [-0.25, -0.2) is 9.38 Å². The second-order valence-electron chi connectivity index (χ2n) is 3.54. The molecule has 2 nitrogen and oxygen atoms in total. The van der Waals surface area contributed by atoms with E-state index >= 15 is 0 Å². The number of nitrogens with zero attached hydrogens (tertiary/aromatic N) is 1. The first-order valence-corrected chi connectivity index (χ1v) is 5.35.